The van der Waals surface area contributed by atoms with Crippen LogP contribution < -0.4 is 16.2 Å². The highest BCUT2D eigenvalue weighted by Crippen LogP contribution is 2.28. The van der Waals surface area contributed by atoms with Crippen molar-refractivity contribution in [3.63, 3.8) is 0 Å². The van der Waals surface area contributed by atoms with E-state index in [1.165, 1.54) is 25.2 Å². The molecule has 182 valence electrons. The Morgan fingerprint density at radius 3 is 2.03 bits per heavy atom. The van der Waals surface area contributed by atoms with E-state index in [0.717, 1.165) is 15.7 Å². The van der Waals surface area contributed by atoms with Crippen LogP contribution in [0.15, 0.2) is 83.7 Å². The predicted molar refractivity (Wildman–Crippen MR) is 133 cm³/mol. The third-order valence-corrected chi connectivity index (χ3v) is 5.80. The second-order valence-electron chi connectivity index (χ2n) is 8.12. The third-order valence-electron chi connectivity index (χ3n) is 5.80. The van der Waals surface area contributed by atoms with Gasteiger partial charge in [0.2, 0.25) is 0 Å². The van der Waals surface area contributed by atoms with Crippen molar-refractivity contribution in [1.29, 1.82) is 0 Å². The molecule has 1 aromatic heterocycles. The van der Waals surface area contributed by atoms with Crippen LogP contribution in [0.5, 0.6) is 5.75 Å². The molecule has 4 rings (SSSR count). The summed E-state index contributed by atoms with van der Waals surface area (Å²) in [5.74, 6) is -3.39. The lowest BCUT2D eigenvalue weighted by molar-refractivity contribution is -0.135. The molecule has 0 spiro atoms. The number of aromatic hydroxyl groups is 1. The molecular weight excluding hydrogens is 462 g/mol. The number of carboxylic acid groups (broad SMARTS) is 1. The minimum atomic E-state index is -1.30. The van der Waals surface area contributed by atoms with Crippen molar-refractivity contribution in [3.05, 3.63) is 111 Å². The van der Waals surface area contributed by atoms with Gasteiger partial charge in [0, 0.05) is 18.0 Å². The molecule has 9 heteroatoms. The van der Waals surface area contributed by atoms with Crippen molar-refractivity contribution in [1.82, 2.24) is 15.2 Å². The number of benzene rings is 3. The molecule has 0 aliphatic rings. The van der Waals surface area contributed by atoms with Crippen LogP contribution in [0.25, 0.3) is 10.9 Å². The van der Waals surface area contributed by atoms with Crippen LogP contribution in [0.2, 0.25) is 0 Å². The van der Waals surface area contributed by atoms with Gasteiger partial charge in [-0.3, -0.25) is 19.2 Å². The highest BCUT2D eigenvalue weighted by Gasteiger charge is 2.23. The van der Waals surface area contributed by atoms with Crippen molar-refractivity contribution in [2.45, 2.75) is 6.04 Å². The molecule has 36 heavy (non-hydrogen) atoms. The molecule has 0 fully saturated rings. The molecule has 0 bridgehead atoms. The van der Waals surface area contributed by atoms with Crippen molar-refractivity contribution in [3.8, 4) is 5.75 Å². The van der Waals surface area contributed by atoms with Gasteiger partial charge in [0.25, 0.3) is 17.4 Å². The quantitative estimate of drug-likeness (QED) is 0.318. The van der Waals surface area contributed by atoms with Gasteiger partial charge in [-0.05, 0) is 29.3 Å². The first-order valence-corrected chi connectivity index (χ1v) is 11.0. The van der Waals surface area contributed by atoms with E-state index in [1.807, 2.05) is 60.7 Å². The maximum atomic E-state index is 13.3. The van der Waals surface area contributed by atoms with Crippen LogP contribution in [0.4, 0.5) is 0 Å². The number of carboxylic acids is 1. The molecular formula is C27H23N3O6. The van der Waals surface area contributed by atoms with E-state index in [1.54, 1.807) is 0 Å². The number of hydrogen-bond acceptors (Lipinski definition) is 5. The molecule has 4 aromatic rings. The lowest BCUT2D eigenvalue weighted by Crippen LogP contribution is -2.35. The Labute approximate surface area is 205 Å². The van der Waals surface area contributed by atoms with Gasteiger partial charge in [0.1, 0.15) is 17.9 Å². The lowest BCUT2D eigenvalue weighted by atomic mass is 9.98. The van der Waals surface area contributed by atoms with Gasteiger partial charge in [-0.2, -0.15) is 0 Å². The molecule has 0 saturated carbocycles. The topological polar surface area (TPSA) is 138 Å². The number of fused-ring (bicyclic) bond motifs is 1. The fourth-order valence-electron chi connectivity index (χ4n) is 3.99. The molecule has 2 amide bonds. The molecule has 3 aromatic carbocycles. The Hall–Kier alpha value is -4.92. The van der Waals surface area contributed by atoms with Crippen LogP contribution in [-0.2, 0) is 11.8 Å². The van der Waals surface area contributed by atoms with E-state index >= 15 is 0 Å². The summed E-state index contributed by atoms with van der Waals surface area (Å²) in [5, 5.41) is 24.8. The molecule has 0 saturated heterocycles. The first-order chi connectivity index (χ1) is 17.3. The van der Waals surface area contributed by atoms with Crippen LogP contribution >= 0.6 is 0 Å². The Kier molecular flexibility index (Phi) is 6.82. The van der Waals surface area contributed by atoms with Crippen LogP contribution in [-0.4, -0.2) is 39.1 Å². The molecule has 0 atom stereocenters. The highest BCUT2D eigenvalue weighted by molar-refractivity contribution is 6.05. The van der Waals surface area contributed by atoms with Gasteiger partial charge >= 0.3 is 5.97 Å². The van der Waals surface area contributed by atoms with E-state index in [-0.39, 0.29) is 10.9 Å². The van der Waals surface area contributed by atoms with E-state index in [4.69, 9.17) is 5.11 Å². The summed E-state index contributed by atoms with van der Waals surface area (Å²) in [7, 11) is 1.42. The number of rotatable bonds is 7. The number of carbonyl (C=O) groups excluding carboxylic acids is 2. The minimum absolute atomic E-state index is 0.0983. The summed E-state index contributed by atoms with van der Waals surface area (Å²) in [5.41, 5.74) is 0.848. The molecule has 9 nitrogen and oxygen atoms in total. The smallest absolute Gasteiger partial charge is 0.322 e. The summed E-state index contributed by atoms with van der Waals surface area (Å²) in [6.07, 6.45) is 0. The van der Waals surface area contributed by atoms with Gasteiger partial charge in [0.05, 0.1) is 11.6 Å². The van der Waals surface area contributed by atoms with Gasteiger partial charge in [0.15, 0.2) is 0 Å². The van der Waals surface area contributed by atoms with Gasteiger partial charge < -0.3 is 25.4 Å². The van der Waals surface area contributed by atoms with E-state index in [9.17, 15) is 24.3 Å². The van der Waals surface area contributed by atoms with Gasteiger partial charge in [-0.25, -0.2) is 0 Å². The number of amides is 2. The average Bonchev–Trinajstić information content (AvgIpc) is 2.90. The van der Waals surface area contributed by atoms with Crippen LogP contribution in [0, 0.1) is 0 Å². The summed E-state index contributed by atoms with van der Waals surface area (Å²) in [6, 6.07) is 22.9. The number of pyridine rings is 1. The molecule has 0 aliphatic carbocycles. The number of nitrogens with zero attached hydrogens (tertiary/aromatic N) is 1. The second kappa shape index (κ2) is 10.1. The second-order valence-corrected chi connectivity index (χ2v) is 8.12. The maximum absolute atomic E-state index is 13.3. The van der Waals surface area contributed by atoms with E-state index in [0.29, 0.717) is 5.52 Å². The zero-order valence-electron chi connectivity index (χ0n) is 19.3. The van der Waals surface area contributed by atoms with E-state index < -0.39 is 47.2 Å². The number of nitrogens with one attached hydrogen (secondary N) is 2. The molecule has 4 N–H and O–H groups in total. The fourth-order valence-corrected chi connectivity index (χ4v) is 3.99. The average molecular weight is 485 g/mol. The summed E-state index contributed by atoms with van der Waals surface area (Å²) < 4.78 is 1.16. The lowest BCUT2D eigenvalue weighted by Gasteiger charge is -2.20. The largest absolute Gasteiger partial charge is 0.506 e. The van der Waals surface area contributed by atoms with Crippen molar-refractivity contribution in [2.24, 2.45) is 7.05 Å². The third kappa shape index (κ3) is 4.80. The Morgan fingerprint density at radius 1 is 0.889 bits per heavy atom. The fraction of sp³-hybridized carbons (Fsp3) is 0.111. The standard InChI is InChI=1S/C27H23N3O6/c1-30-20-13-12-18(14-19(20)24(33)22(27(30)36)26(35)28-15-21(31)32)25(34)29-23(16-8-4-2-5-9-16)17-10-6-3-7-11-17/h2-14,23,33H,15H2,1H3,(H,28,35)(H,29,34)(H,31,32). The molecule has 0 unspecified atom stereocenters. The molecule has 0 aliphatic heterocycles. The molecule has 0 radical (unpaired) electrons. The van der Waals surface area contributed by atoms with Crippen molar-refractivity contribution < 1.29 is 24.6 Å². The molecule has 1 heterocycles. The first-order valence-electron chi connectivity index (χ1n) is 11.0. The maximum Gasteiger partial charge on any atom is 0.322 e. The van der Waals surface area contributed by atoms with Gasteiger partial charge in [-0.15, -0.1) is 0 Å². The summed E-state index contributed by atoms with van der Waals surface area (Å²) >= 11 is 0. The summed E-state index contributed by atoms with van der Waals surface area (Å²) in [6.45, 7) is -0.720. The highest BCUT2D eigenvalue weighted by atomic mass is 16.4. The number of hydrogen-bond donors (Lipinski definition) is 4. The summed E-state index contributed by atoms with van der Waals surface area (Å²) in [4.78, 5) is 49.2. The van der Waals surface area contributed by atoms with Crippen LogP contribution in [0.1, 0.15) is 37.9 Å². The SMILES string of the molecule is Cn1c(=O)c(C(=O)NCC(=O)O)c(O)c2cc(C(=O)NC(c3ccccc3)c3ccccc3)ccc21. The normalized spacial score (nSPS) is 10.8. The van der Waals surface area contributed by atoms with Crippen molar-refractivity contribution in [2.75, 3.05) is 6.54 Å². The minimum Gasteiger partial charge on any atom is -0.506 e. The Morgan fingerprint density at radius 2 is 1.47 bits per heavy atom. The zero-order chi connectivity index (χ0) is 25.8. The first kappa shape index (κ1) is 24.2. The Bertz CT molecular complexity index is 1470. The monoisotopic (exact) mass is 485 g/mol. The number of carbonyl (C=O) groups is 3. The number of aromatic nitrogens is 1. The number of aryl methyl sites for hydroxylation is 1. The van der Waals surface area contributed by atoms with Crippen molar-refractivity contribution >= 4 is 28.7 Å². The number of aliphatic carboxylic acids is 1. The zero-order valence-corrected chi connectivity index (χ0v) is 19.3. The van der Waals surface area contributed by atoms with E-state index in [2.05, 4.69) is 10.6 Å². The predicted octanol–water partition coefficient (Wildman–Crippen LogP) is 2.58. The van der Waals surface area contributed by atoms with Gasteiger partial charge in [-0.1, -0.05) is 60.7 Å². The van der Waals surface area contributed by atoms with Crippen LogP contribution in [0.3, 0.4) is 0 Å². The Balaban J connectivity index is 1.73.